The number of amides is 1. The first-order valence-electron chi connectivity index (χ1n) is 9.17. The highest BCUT2D eigenvalue weighted by atomic mass is 19.3. The molecule has 0 saturated carbocycles. The summed E-state index contributed by atoms with van der Waals surface area (Å²) in [6.07, 6.45) is 0.779. The average molecular weight is 390 g/mol. The fourth-order valence-corrected chi connectivity index (χ4v) is 3.12. The highest BCUT2D eigenvalue weighted by molar-refractivity contribution is 5.68. The Balaban J connectivity index is 1.71. The Morgan fingerprint density at radius 3 is 2.75 bits per heavy atom. The topological polar surface area (TPSA) is 67.3 Å². The summed E-state index contributed by atoms with van der Waals surface area (Å²) < 4.78 is 31.9. The second kappa shape index (κ2) is 8.08. The van der Waals surface area contributed by atoms with Crippen LogP contribution in [0.1, 0.15) is 39.2 Å². The van der Waals surface area contributed by atoms with Gasteiger partial charge in [0.25, 0.3) is 6.43 Å². The van der Waals surface area contributed by atoms with E-state index < -0.39 is 18.1 Å². The molecular formula is C20H24F2N4O2. The van der Waals surface area contributed by atoms with Gasteiger partial charge in [0, 0.05) is 24.2 Å². The molecule has 0 radical (unpaired) electrons. The Labute approximate surface area is 162 Å². The SMILES string of the molecule is CC(C)(C)OC(=O)N[C@@H]1CCN(c2cncc(-c3ccccc3C(F)F)n2)C1. The molecule has 0 bridgehead atoms. The van der Waals surface area contributed by atoms with Gasteiger partial charge < -0.3 is 15.0 Å². The maximum Gasteiger partial charge on any atom is 0.407 e. The van der Waals surface area contributed by atoms with Crippen LogP contribution >= 0.6 is 0 Å². The third kappa shape index (κ3) is 4.94. The summed E-state index contributed by atoms with van der Waals surface area (Å²) in [6.45, 7) is 6.66. The van der Waals surface area contributed by atoms with Crippen LogP contribution in [0.15, 0.2) is 36.7 Å². The van der Waals surface area contributed by atoms with Crippen molar-refractivity contribution in [3.8, 4) is 11.3 Å². The van der Waals surface area contributed by atoms with Crippen molar-refractivity contribution < 1.29 is 18.3 Å². The standard InChI is InChI=1S/C20H24F2N4O2/c1-20(2,3)28-19(27)24-13-8-9-26(12-13)17-11-23-10-16(25-17)14-6-4-5-7-15(14)18(21)22/h4-7,10-11,13,18H,8-9,12H2,1-3H3,(H,24,27)/t13-/m1/s1. The van der Waals surface area contributed by atoms with Crippen molar-refractivity contribution in [2.45, 2.75) is 45.3 Å². The van der Waals surface area contributed by atoms with Crippen LogP contribution in [0.25, 0.3) is 11.3 Å². The van der Waals surface area contributed by atoms with E-state index in [0.717, 1.165) is 6.42 Å². The molecule has 2 heterocycles. The summed E-state index contributed by atoms with van der Waals surface area (Å²) in [4.78, 5) is 22.6. The van der Waals surface area contributed by atoms with Crippen LogP contribution in [0.2, 0.25) is 0 Å². The first-order valence-corrected chi connectivity index (χ1v) is 9.17. The van der Waals surface area contributed by atoms with Crippen molar-refractivity contribution in [3.05, 3.63) is 42.2 Å². The number of ether oxygens (including phenoxy) is 1. The lowest BCUT2D eigenvalue weighted by Crippen LogP contribution is -2.40. The van der Waals surface area contributed by atoms with E-state index in [4.69, 9.17) is 4.74 Å². The van der Waals surface area contributed by atoms with Crippen LogP contribution < -0.4 is 10.2 Å². The van der Waals surface area contributed by atoms with Crippen LogP contribution in [-0.2, 0) is 4.74 Å². The molecule has 3 rings (SSSR count). The number of nitrogens with zero attached hydrogens (tertiary/aromatic N) is 3. The molecule has 0 unspecified atom stereocenters. The predicted octanol–water partition coefficient (Wildman–Crippen LogP) is 4.18. The lowest BCUT2D eigenvalue weighted by molar-refractivity contribution is 0.0509. The Morgan fingerprint density at radius 2 is 2.04 bits per heavy atom. The third-order valence-corrected chi connectivity index (χ3v) is 4.33. The third-order valence-electron chi connectivity index (χ3n) is 4.33. The molecule has 0 aliphatic carbocycles. The zero-order valence-corrected chi connectivity index (χ0v) is 16.2. The van der Waals surface area contributed by atoms with Gasteiger partial charge in [-0.1, -0.05) is 24.3 Å². The fourth-order valence-electron chi connectivity index (χ4n) is 3.12. The minimum absolute atomic E-state index is 0.0696. The smallest absolute Gasteiger partial charge is 0.407 e. The van der Waals surface area contributed by atoms with Crippen molar-refractivity contribution in [2.24, 2.45) is 0 Å². The number of anilines is 1. The van der Waals surface area contributed by atoms with E-state index >= 15 is 0 Å². The van der Waals surface area contributed by atoms with Crippen molar-refractivity contribution in [1.29, 1.82) is 0 Å². The zero-order chi connectivity index (χ0) is 20.3. The number of hydrogen-bond donors (Lipinski definition) is 1. The van der Waals surface area contributed by atoms with Crippen molar-refractivity contribution in [2.75, 3.05) is 18.0 Å². The summed E-state index contributed by atoms with van der Waals surface area (Å²) in [5, 5.41) is 2.86. The van der Waals surface area contributed by atoms with Crippen LogP contribution in [0.5, 0.6) is 0 Å². The predicted molar refractivity (Wildman–Crippen MR) is 102 cm³/mol. The van der Waals surface area contributed by atoms with E-state index in [1.807, 2.05) is 25.7 Å². The molecule has 2 aromatic rings. The van der Waals surface area contributed by atoms with Gasteiger partial charge in [-0.3, -0.25) is 4.98 Å². The van der Waals surface area contributed by atoms with Crippen molar-refractivity contribution in [3.63, 3.8) is 0 Å². The van der Waals surface area contributed by atoms with Gasteiger partial charge in [0.2, 0.25) is 0 Å². The quantitative estimate of drug-likeness (QED) is 0.848. The maximum absolute atomic E-state index is 13.3. The summed E-state index contributed by atoms with van der Waals surface area (Å²) in [7, 11) is 0. The second-order valence-corrected chi connectivity index (χ2v) is 7.73. The van der Waals surface area contributed by atoms with Crippen LogP contribution in [-0.4, -0.2) is 40.8 Å². The van der Waals surface area contributed by atoms with Gasteiger partial charge in [0.15, 0.2) is 0 Å². The van der Waals surface area contributed by atoms with Crippen LogP contribution in [0, 0.1) is 0 Å². The molecule has 1 amide bonds. The number of halogens is 2. The molecule has 1 aliphatic rings. The maximum atomic E-state index is 13.3. The Kier molecular flexibility index (Phi) is 5.76. The Bertz CT molecular complexity index is 839. The number of nitrogens with one attached hydrogen (secondary N) is 1. The molecule has 1 atom stereocenters. The number of aromatic nitrogens is 2. The first kappa shape index (κ1) is 20.0. The van der Waals surface area contributed by atoms with E-state index in [9.17, 15) is 13.6 Å². The summed E-state index contributed by atoms with van der Waals surface area (Å²) >= 11 is 0. The summed E-state index contributed by atoms with van der Waals surface area (Å²) in [5.74, 6) is 0.593. The molecule has 0 spiro atoms. The fraction of sp³-hybridized carbons (Fsp3) is 0.450. The van der Waals surface area contributed by atoms with E-state index in [1.165, 1.54) is 12.3 Å². The molecule has 1 fully saturated rings. The van der Waals surface area contributed by atoms with E-state index in [1.54, 1.807) is 24.4 Å². The Hall–Kier alpha value is -2.77. The molecule has 150 valence electrons. The zero-order valence-electron chi connectivity index (χ0n) is 16.2. The van der Waals surface area contributed by atoms with E-state index in [-0.39, 0.29) is 11.6 Å². The van der Waals surface area contributed by atoms with Crippen molar-refractivity contribution >= 4 is 11.9 Å². The summed E-state index contributed by atoms with van der Waals surface area (Å²) in [6, 6.07) is 6.22. The minimum atomic E-state index is -2.59. The molecule has 1 aromatic carbocycles. The minimum Gasteiger partial charge on any atom is -0.444 e. The Morgan fingerprint density at radius 1 is 1.29 bits per heavy atom. The number of benzene rings is 1. The lowest BCUT2D eigenvalue weighted by atomic mass is 10.1. The number of alkyl halides is 2. The number of alkyl carbamates (subject to hydrolysis) is 1. The number of carbonyl (C=O) groups is 1. The molecule has 1 aromatic heterocycles. The molecule has 1 saturated heterocycles. The number of hydrogen-bond acceptors (Lipinski definition) is 5. The highest BCUT2D eigenvalue weighted by Crippen LogP contribution is 2.30. The van der Waals surface area contributed by atoms with Crippen LogP contribution in [0.4, 0.5) is 19.4 Å². The van der Waals surface area contributed by atoms with Gasteiger partial charge in [-0.15, -0.1) is 0 Å². The van der Waals surface area contributed by atoms with Gasteiger partial charge in [-0.2, -0.15) is 0 Å². The van der Waals surface area contributed by atoms with Gasteiger partial charge >= 0.3 is 6.09 Å². The molecular weight excluding hydrogens is 366 g/mol. The number of carbonyl (C=O) groups excluding carboxylic acids is 1. The normalized spacial score (nSPS) is 17.1. The highest BCUT2D eigenvalue weighted by Gasteiger charge is 2.27. The van der Waals surface area contributed by atoms with E-state index in [0.29, 0.717) is 30.2 Å². The number of rotatable bonds is 4. The molecule has 1 N–H and O–H groups in total. The molecule has 28 heavy (non-hydrogen) atoms. The van der Waals surface area contributed by atoms with Gasteiger partial charge in [0.05, 0.1) is 24.1 Å². The second-order valence-electron chi connectivity index (χ2n) is 7.73. The van der Waals surface area contributed by atoms with Gasteiger partial charge in [-0.05, 0) is 27.2 Å². The van der Waals surface area contributed by atoms with Gasteiger partial charge in [-0.25, -0.2) is 18.6 Å². The molecule has 1 aliphatic heterocycles. The van der Waals surface area contributed by atoms with Crippen LogP contribution in [0.3, 0.4) is 0 Å². The molecule has 8 heteroatoms. The van der Waals surface area contributed by atoms with Gasteiger partial charge in [0.1, 0.15) is 11.4 Å². The van der Waals surface area contributed by atoms with Crippen molar-refractivity contribution in [1.82, 2.24) is 15.3 Å². The largest absolute Gasteiger partial charge is 0.444 e. The lowest BCUT2D eigenvalue weighted by Gasteiger charge is -2.22. The monoisotopic (exact) mass is 390 g/mol. The van der Waals surface area contributed by atoms with E-state index in [2.05, 4.69) is 15.3 Å². The first-order chi connectivity index (χ1) is 13.2. The summed E-state index contributed by atoms with van der Waals surface area (Å²) in [5.41, 5.74) is 0.145. The molecule has 6 nitrogen and oxygen atoms in total. The average Bonchev–Trinajstić information content (AvgIpc) is 3.08.